The van der Waals surface area contributed by atoms with Crippen molar-refractivity contribution in [3.63, 3.8) is 0 Å². The number of allylic oxidation sites excluding steroid dienone is 2. The summed E-state index contributed by atoms with van der Waals surface area (Å²) in [6.45, 7) is 8.20. The quantitative estimate of drug-likeness (QED) is 0.612. The largest absolute Gasteiger partial charge is 0.499 e. The second-order valence-electron chi connectivity index (χ2n) is 9.22. The predicted octanol–water partition coefficient (Wildman–Crippen LogP) is 5.95. The molecule has 1 heteroatoms. The first-order valence-corrected chi connectivity index (χ1v) is 9.90. The van der Waals surface area contributed by atoms with E-state index in [0.717, 1.165) is 30.3 Å². The van der Waals surface area contributed by atoms with Crippen LogP contribution in [0.2, 0.25) is 0 Å². The van der Waals surface area contributed by atoms with Gasteiger partial charge in [-0.1, -0.05) is 20.3 Å². The second-order valence-corrected chi connectivity index (χ2v) is 9.22. The van der Waals surface area contributed by atoms with E-state index in [9.17, 15) is 0 Å². The van der Waals surface area contributed by atoms with Gasteiger partial charge in [-0.15, -0.1) is 0 Å². The molecule has 0 aromatic rings. The topological polar surface area (TPSA) is 9.23 Å². The fraction of sp³-hybridized carbons (Fsp3) is 0.905. The Hall–Kier alpha value is -0.460. The minimum atomic E-state index is 0.563. The first kappa shape index (κ1) is 15.1. The van der Waals surface area contributed by atoms with Crippen molar-refractivity contribution in [3.8, 4) is 0 Å². The van der Waals surface area contributed by atoms with Gasteiger partial charge in [-0.05, 0) is 92.4 Å². The van der Waals surface area contributed by atoms with E-state index in [1.165, 1.54) is 63.5 Å². The summed E-state index contributed by atoms with van der Waals surface area (Å²) < 4.78 is 5.86. The Morgan fingerprint density at radius 2 is 1.91 bits per heavy atom. The molecular formula is C21H34O. The van der Waals surface area contributed by atoms with Crippen LogP contribution in [0.4, 0.5) is 0 Å². The van der Waals surface area contributed by atoms with Crippen LogP contribution >= 0.6 is 0 Å². The molecule has 0 amide bonds. The molecule has 6 atom stereocenters. The van der Waals surface area contributed by atoms with Gasteiger partial charge in [-0.25, -0.2) is 0 Å². The molecule has 1 unspecified atom stereocenters. The van der Waals surface area contributed by atoms with Crippen LogP contribution in [-0.4, -0.2) is 6.61 Å². The molecule has 0 saturated heterocycles. The summed E-state index contributed by atoms with van der Waals surface area (Å²) in [4.78, 5) is 0. The summed E-state index contributed by atoms with van der Waals surface area (Å²) in [6.07, 6.45) is 15.5. The van der Waals surface area contributed by atoms with Gasteiger partial charge >= 0.3 is 0 Å². The molecular weight excluding hydrogens is 268 g/mol. The van der Waals surface area contributed by atoms with Crippen molar-refractivity contribution in [2.75, 3.05) is 6.61 Å². The molecule has 22 heavy (non-hydrogen) atoms. The Bertz CT molecular complexity index is 467. The zero-order valence-electron chi connectivity index (χ0n) is 14.9. The lowest BCUT2D eigenvalue weighted by Crippen LogP contribution is -2.51. The molecule has 1 nitrogen and oxygen atoms in total. The summed E-state index contributed by atoms with van der Waals surface area (Å²) >= 11 is 0. The maximum absolute atomic E-state index is 5.86. The lowest BCUT2D eigenvalue weighted by Gasteiger charge is -2.59. The number of ether oxygens (including phenoxy) is 1. The first-order chi connectivity index (χ1) is 10.6. The van der Waals surface area contributed by atoms with Gasteiger partial charge in [0.05, 0.1) is 12.4 Å². The third-order valence-electron chi connectivity index (χ3n) is 8.35. The molecule has 0 spiro atoms. The van der Waals surface area contributed by atoms with Crippen molar-refractivity contribution < 1.29 is 4.74 Å². The number of fused-ring (bicyclic) bond motifs is 5. The van der Waals surface area contributed by atoms with Gasteiger partial charge in [0, 0.05) is 6.42 Å². The molecule has 0 aromatic heterocycles. The second kappa shape index (κ2) is 5.28. The maximum Gasteiger partial charge on any atom is 0.0923 e. The molecule has 0 radical (unpaired) electrons. The summed E-state index contributed by atoms with van der Waals surface area (Å²) in [5.41, 5.74) is 1.26. The van der Waals surface area contributed by atoms with Crippen molar-refractivity contribution >= 4 is 0 Å². The van der Waals surface area contributed by atoms with Crippen LogP contribution < -0.4 is 0 Å². The van der Waals surface area contributed by atoms with Crippen LogP contribution in [-0.2, 0) is 4.74 Å². The minimum Gasteiger partial charge on any atom is -0.499 e. The van der Waals surface area contributed by atoms with Crippen molar-refractivity contribution in [2.24, 2.45) is 34.5 Å². The Morgan fingerprint density at radius 3 is 2.73 bits per heavy atom. The molecule has 0 aliphatic heterocycles. The van der Waals surface area contributed by atoms with E-state index in [2.05, 4.69) is 26.8 Å². The molecule has 0 aromatic carbocycles. The first-order valence-electron chi connectivity index (χ1n) is 9.90. The van der Waals surface area contributed by atoms with Crippen LogP contribution in [0.1, 0.15) is 78.6 Å². The van der Waals surface area contributed by atoms with E-state index in [-0.39, 0.29) is 0 Å². The van der Waals surface area contributed by atoms with Crippen molar-refractivity contribution in [1.29, 1.82) is 0 Å². The van der Waals surface area contributed by atoms with Gasteiger partial charge in [0.1, 0.15) is 0 Å². The average Bonchev–Trinajstić information content (AvgIpc) is 2.89. The standard InChI is InChI=1S/C21H34O/c1-4-22-16-9-13-21(3)15(14-16)7-8-17-18-6-5-11-20(18,2)12-10-19(17)21/h14-15,17-19H,4-13H2,1-3H3/t15?,17-,18-,19-,20-,21-/m0/s1. The average molecular weight is 303 g/mol. The number of rotatable bonds is 2. The highest BCUT2D eigenvalue weighted by molar-refractivity contribution is 5.15. The zero-order chi connectivity index (χ0) is 15.4. The summed E-state index contributed by atoms with van der Waals surface area (Å²) in [7, 11) is 0. The molecule has 3 saturated carbocycles. The van der Waals surface area contributed by atoms with E-state index in [1.807, 2.05) is 0 Å². The fourth-order valence-electron chi connectivity index (χ4n) is 7.13. The minimum absolute atomic E-state index is 0.563. The third kappa shape index (κ3) is 2.10. The highest BCUT2D eigenvalue weighted by Crippen LogP contribution is 2.65. The van der Waals surface area contributed by atoms with Crippen molar-refractivity contribution in [3.05, 3.63) is 11.8 Å². The maximum atomic E-state index is 5.86. The van der Waals surface area contributed by atoms with Gasteiger partial charge < -0.3 is 4.74 Å². The summed E-state index contributed by atoms with van der Waals surface area (Å²) in [5.74, 6) is 5.15. The van der Waals surface area contributed by atoms with E-state index >= 15 is 0 Å². The Balaban J connectivity index is 1.60. The zero-order valence-corrected chi connectivity index (χ0v) is 14.9. The van der Waals surface area contributed by atoms with Gasteiger partial charge in [-0.3, -0.25) is 0 Å². The van der Waals surface area contributed by atoms with E-state index in [0.29, 0.717) is 10.8 Å². The van der Waals surface area contributed by atoms with Crippen LogP contribution in [0, 0.1) is 34.5 Å². The smallest absolute Gasteiger partial charge is 0.0923 e. The molecule has 4 aliphatic carbocycles. The molecule has 3 fully saturated rings. The lowest BCUT2D eigenvalue weighted by molar-refractivity contribution is -0.0848. The van der Waals surface area contributed by atoms with Crippen LogP contribution in [0.25, 0.3) is 0 Å². The third-order valence-corrected chi connectivity index (χ3v) is 8.35. The van der Waals surface area contributed by atoms with Crippen molar-refractivity contribution in [2.45, 2.75) is 78.6 Å². The van der Waals surface area contributed by atoms with Gasteiger partial charge in [0.15, 0.2) is 0 Å². The molecule has 124 valence electrons. The van der Waals surface area contributed by atoms with Gasteiger partial charge in [-0.2, -0.15) is 0 Å². The van der Waals surface area contributed by atoms with Crippen LogP contribution in [0.5, 0.6) is 0 Å². The van der Waals surface area contributed by atoms with Crippen molar-refractivity contribution in [1.82, 2.24) is 0 Å². The molecule has 4 rings (SSSR count). The highest BCUT2D eigenvalue weighted by Gasteiger charge is 2.57. The predicted molar refractivity (Wildman–Crippen MR) is 91.4 cm³/mol. The van der Waals surface area contributed by atoms with Gasteiger partial charge in [0.2, 0.25) is 0 Å². The normalized spacial score (nSPS) is 50.6. The molecule has 0 bridgehead atoms. The van der Waals surface area contributed by atoms with Crippen LogP contribution in [0.15, 0.2) is 11.8 Å². The lowest BCUT2D eigenvalue weighted by atomic mass is 9.46. The Labute approximate surface area is 136 Å². The monoisotopic (exact) mass is 302 g/mol. The molecule has 4 aliphatic rings. The highest BCUT2D eigenvalue weighted by atomic mass is 16.5. The van der Waals surface area contributed by atoms with Crippen LogP contribution in [0.3, 0.4) is 0 Å². The SMILES string of the molecule is CCOC1=CC2CC[C@H]3[C@@H]4CCC[C@@]4(C)CC[C@@H]3[C@@]2(C)CC1. The number of hydrogen-bond donors (Lipinski definition) is 0. The Morgan fingerprint density at radius 1 is 1.05 bits per heavy atom. The van der Waals surface area contributed by atoms with E-state index in [1.54, 1.807) is 0 Å². The van der Waals surface area contributed by atoms with E-state index < -0.39 is 0 Å². The molecule has 0 N–H and O–H groups in total. The fourth-order valence-corrected chi connectivity index (χ4v) is 7.13. The summed E-state index contributed by atoms with van der Waals surface area (Å²) in [6, 6.07) is 0. The number of hydrogen-bond acceptors (Lipinski definition) is 1. The Kier molecular flexibility index (Phi) is 3.62. The van der Waals surface area contributed by atoms with E-state index in [4.69, 9.17) is 4.74 Å². The van der Waals surface area contributed by atoms with Gasteiger partial charge in [0.25, 0.3) is 0 Å². The molecule has 0 heterocycles. The summed E-state index contributed by atoms with van der Waals surface area (Å²) in [5, 5.41) is 0.